The molecule has 100 valence electrons. The highest BCUT2D eigenvalue weighted by atomic mass is 32.2. The molecule has 0 amide bonds. The van der Waals surface area contributed by atoms with Crippen LogP contribution in [0.25, 0.3) is 0 Å². The standard InChI is InChI=1S/C15H23NOS/c1-3-17-13-8-6-7-12(11-13)15(16-2)14-9-4-5-10-18-14/h6-8,11,14-16H,3-5,9-10H2,1-2H3. The summed E-state index contributed by atoms with van der Waals surface area (Å²) < 4.78 is 5.59. The Morgan fingerprint density at radius 1 is 1.44 bits per heavy atom. The highest BCUT2D eigenvalue weighted by Crippen LogP contribution is 2.35. The lowest BCUT2D eigenvalue weighted by Gasteiger charge is -2.30. The summed E-state index contributed by atoms with van der Waals surface area (Å²) in [5.41, 5.74) is 1.35. The molecule has 1 aliphatic rings. The lowest BCUT2D eigenvalue weighted by molar-refractivity contribution is 0.339. The largest absolute Gasteiger partial charge is 0.494 e. The Bertz CT molecular complexity index is 363. The molecule has 1 heterocycles. The number of thioether (sulfide) groups is 1. The average molecular weight is 265 g/mol. The molecule has 18 heavy (non-hydrogen) atoms. The van der Waals surface area contributed by atoms with Crippen molar-refractivity contribution >= 4 is 11.8 Å². The molecule has 2 unspecified atom stereocenters. The molecule has 1 fully saturated rings. The van der Waals surface area contributed by atoms with Crippen molar-refractivity contribution in [2.24, 2.45) is 0 Å². The molecule has 1 aromatic rings. The van der Waals surface area contributed by atoms with Crippen LogP contribution in [0.2, 0.25) is 0 Å². The van der Waals surface area contributed by atoms with Gasteiger partial charge in [-0.25, -0.2) is 0 Å². The predicted octanol–water partition coefficient (Wildman–Crippen LogP) is 3.63. The van der Waals surface area contributed by atoms with Gasteiger partial charge in [0, 0.05) is 11.3 Å². The number of hydrogen-bond donors (Lipinski definition) is 1. The molecular weight excluding hydrogens is 242 g/mol. The van der Waals surface area contributed by atoms with E-state index in [1.54, 1.807) is 0 Å². The van der Waals surface area contributed by atoms with Gasteiger partial charge in [-0.15, -0.1) is 0 Å². The minimum absolute atomic E-state index is 0.440. The fraction of sp³-hybridized carbons (Fsp3) is 0.600. The summed E-state index contributed by atoms with van der Waals surface area (Å²) in [4.78, 5) is 0. The Balaban J connectivity index is 2.12. The maximum Gasteiger partial charge on any atom is 0.119 e. The smallest absolute Gasteiger partial charge is 0.119 e. The summed E-state index contributed by atoms with van der Waals surface area (Å²) in [6.45, 7) is 2.76. The van der Waals surface area contributed by atoms with E-state index in [0.717, 1.165) is 12.4 Å². The number of hydrogen-bond acceptors (Lipinski definition) is 3. The van der Waals surface area contributed by atoms with Crippen LogP contribution < -0.4 is 10.1 Å². The lowest BCUT2D eigenvalue weighted by Crippen LogP contribution is -2.29. The predicted molar refractivity (Wildman–Crippen MR) is 79.5 cm³/mol. The van der Waals surface area contributed by atoms with Crippen molar-refractivity contribution in [3.8, 4) is 5.75 Å². The van der Waals surface area contributed by atoms with E-state index in [1.807, 2.05) is 13.0 Å². The third-order valence-corrected chi connectivity index (χ3v) is 4.89. The Hall–Kier alpha value is -0.670. The van der Waals surface area contributed by atoms with Gasteiger partial charge in [0.15, 0.2) is 0 Å². The van der Waals surface area contributed by atoms with Crippen LogP contribution in [-0.2, 0) is 0 Å². The molecule has 0 aliphatic carbocycles. The van der Waals surface area contributed by atoms with Crippen molar-refractivity contribution in [1.82, 2.24) is 5.32 Å². The van der Waals surface area contributed by atoms with Gasteiger partial charge in [-0.2, -0.15) is 11.8 Å². The second kappa shape index (κ2) is 7.05. The summed E-state index contributed by atoms with van der Waals surface area (Å²) in [5, 5.41) is 4.18. The first-order chi connectivity index (χ1) is 8.85. The van der Waals surface area contributed by atoms with Crippen LogP contribution in [0.5, 0.6) is 5.75 Å². The van der Waals surface area contributed by atoms with Gasteiger partial charge in [0.2, 0.25) is 0 Å². The third-order valence-electron chi connectivity index (χ3n) is 3.43. The molecule has 0 aromatic heterocycles. The van der Waals surface area contributed by atoms with Crippen molar-refractivity contribution in [3.63, 3.8) is 0 Å². The summed E-state index contributed by atoms with van der Waals surface area (Å²) in [6, 6.07) is 8.96. The van der Waals surface area contributed by atoms with E-state index in [0.29, 0.717) is 11.3 Å². The fourth-order valence-electron chi connectivity index (χ4n) is 2.56. The van der Waals surface area contributed by atoms with Crippen LogP contribution in [0.4, 0.5) is 0 Å². The van der Waals surface area contributed by atoms with Gasteiger partial charge in [0.05, 0.1) is 6.61 Å². The Labute approximate surface area is 114 Å². The number of ether oxygens (including phenoxy) is 1. The van der Waals surface area contributed by atoms with Crippen molar-refractivity contribution in [1.29, 1.82) is 0 Å². The molecule has 2 nitrogen and oxygen atoms in total. The Morgan fingerprint density at radius 3 is 3.00 bits per heavy atom. The average Bonchev–Trinajstić information content (AvgIpc) is 2.42. The quantitative estimate of drug-likeness (QED) is 0.878. The molecule has 2 atom stereocenters. The van der Waals surface area contributed by atoms with Gasteiger partial charge in [-0.3, -0.25) is 0 Å². The summed E-state index contributed by atoms with van der Waals surface area (Å²) in [6.07, 6.45) is 4.05. The third kappa shape index (κ3) is 3.42. The first kappa shape index (κ1) is 13.8. The van der Waals surface area contributed by atoms with E-state index in [4.69, 9.17) is 4.74 Å². The highest BCUT2D eigenvalue weighted by Gasteiger charge is 2.24. The van der Waals surface area contributed by atoms with Gasteiger partial charge < -0.3 is 10.1 Å². The van der Waals surface area contributed by atoms with Crippen LogP contribution in [0.1, 0.15) is 37.8 Å². The number of benzene rings is 1. The van der Waals surface area contributed by atoms with E-state index in [-0.39, 0.29) is 0 Å². The van der Waals surface area contributed by atoms with Crippen LogP contribution in [-0.4, -0.2) is 24.7 Å². The molecule has 3 heteroatoms. The molecule has 0 saturated carbocycles. The summed E-state index contributed by atoms with van der Waals surface area (Å²) in [7, 11) is 2.06. The van der Waals surface area contributed by atoms with Crippen LogP contribution in [0, 0.1) is 0 Å². The molecule has 1 N–H and O–H groups in total. The highest BCUT2D eigenvalue weighted by molar-refractivity contribution is 8.00. The maximum atomic E-state index is 5.59. The molecular formula is C15H23NOS. The minimum atomic E-state index is 0.440. The van der Waals surface area contributed by atoms with E-state index < -0.39 is 0 Å². The van der Waals surface area contributed by atoms with Crippen molar-refractivity contribution in [3.05, 3.63) is 29.8 Å². The zero-order valence-electron chi connectivity index (χ0n) is 11.3. The second-order valence-corrected chi connectivity index (χ2v) is 6.02. The molecule has 0 radical (unpaired) electrons. The van der Waals surface area contributed by atoms with Gasteiger partial charge in [-0.1, -0.05) is 18.6 Å². The van der Waals surface area contributed by atoms with Gasteiger partial charge >= 0.3 is 0 Å². The molecule has 0 bridgehead atoms. The second-order valence-electron chi connectivity index (χ2n) is 4.68. The van der Waals surface area contributed by atoms with Gasteiger partial charge in [-0.05, 0) is 50.3 Å². The van der Waals surface area contributed by atoms with Crippen molar-refractivity contribution in [2.45, 2.75) is 37.5 Å². The van der Waals surface area contributed by atoms with E-state index in [1.165, 1.54) is 30.6 Å². The van der Waals surface area contributed by atoms with E-state index >= 15 is 0 Å². The number of nitrogens with one attached hydrogen (secondary N) is 1. The van der Waals surface area contributed by atoms with E-state index in [2.05, 4.69) is 42.3 Å². The van der Waals surface area contributed by atoms with Gasteiger partial charge in [0.25, 0.3) is 0 Å². The van der Waals surface area contributed by atoms with Crippen LogP contribution in [0.3, 0.4) is 0 Å². The van der Waals surface area contributed by atoms with Crippen LogP contribution in [0.15, 0.2) is 24.3 Å². The number of rotatable bonds is 5. The zero-order valence-corrected chi connectivity index (χ0v) is 12.1. The molecule has 1 aliphatic heterocycles. The monoisotopic (exact) mass is 265 g/mol. The summed E-state index contributed by atoms with van der Waals surface area (Å²) >= 11 is 2.11. The first-order valence-electron chi connectivity index (χ1n) is 6.86. The zero-order chi connectivity index (χ0) is 12.8. The Morgan fingerprint density at radius 2 is 2.33 bits per heavy atom. The lowest BCUT2D eigenvalue weighted by atomic mass is 9.99. The molecule has 1 aromatic carbocycles. The van der Waals surface area contributed by atoms with Crippen LogP contribution >= 0.6 is 11.8 Å². The topological polar surface area (TPSA) is 21.3 Å². The fourth-order valence-corrected chi connectivity index (χ4v) is 4.05. The molecule has 0 spiro atoms. The minimum Gasteiger partial charge on any atom is -0.494 e. The maximum absolute atomic E-state index is 5.59. The van der Waals surface area contributed by atoms with E-state index in [9.17, 15) is 0 Å². The first-order valence-corrected chi connectivity index (χ1v) is 7.91. The summed E-state index contributed by atoms with van der Waals surface area (Å²) in [5.74, 6) is 2.28. The normalized spacial score (nSPS) is 21.6. The SMILES string of the molecule is CCOc1cccc(C(NC)C2CCCCS2)c1. The Kier molecular flexibility index (Phi) is 5.39. The van der Waals surface area contributed by atoms with Crippen molar-refractivity contribution < 1.29 is 4.74 Å². The molecule has 1 saturated heterocycles. The van der Waals surface area contributed by atoms with Gasteiger partial charge in [0.1, 0.15) is 5.75 Å². The van der Waals surface area contributed by atoms with Crippen molar-refractivity contribution in [2.75, 3.05) is 19.4 Å². The molecule has 2 rings (SSSR count).